The number of nitrogens with two attached hydrogens (primary N) is 1. The van der Waals surface area contributed by atoms with Crippen molar-refractivity contribution in [2.45, 2.75) is 31.8 Å². The van der Waals surface area contributed by atoms with Gasteiger partial charge in [0.05, 0.1) is 6.42 Å². The molecule has 0 atom stereocenters. The van der Waals surface area contributed by atoms with Crippen molar-refractivity contribution in [3.05, 3.63) is 29.8 Å². The summed E-state index contributed by atoms with van der Waals surface area (Å²) < 4.78 is 5.25. The summed E-state index contributed by atoms with van der Waals surface area (Å²) >= 11 is 0. The number of nitrogen functional groups attached to an aromatic ring is 1. The molecule has 1 saturated carbocycles. The van der Waals surface area contributed by atoms with Gasteiger partial charge in [0.2, 0.25) is 0 Å². The standard InChI is InChI=1S/C12H15NO2/c13-10-4-1-3-9(7-10)8-12(14)15-11-5-2-6-11/h1,3-4,7,11H,2,5-6,8,13H2. The Morgan fingerprint density at radius 1 is 1.47 bits per heavy atom. The lowest BCUT2D eigenvalue weighted by Crippen LogP contribution is -2.25. The lowest BCUT2D eigenvalue weighted by atomic mass is 9.96. The summed E-state index contributed by atoms with van der Waals surface area (Å²) in [5.74, 6) is -0.148. The van der Waals surface area contributed by atoms with E-state index in [9.17, 15) is 4.79 Å². The van der Waals surface area contributed by atoms with Crippen LogP contribution in [0.2, 0.25) is 0 Å². The smallest absolute Gasteiger partial charge is 0.310 e. The van der Waals surface area contributed by atoms with Crippen molar-refractivity contribution in [2.24, 2.45) is 0 Å². The summed E-state index contributed by atoms with van der Waals surface area (Å²) in [5, 5.41) is 0. The molecule has 0 aliphatic heterocycles. The van der Waals surface area contributed by atoms with Crippen LogP contribution in [0.3, 0.4) is 0 Å². The lowest BCUT2D eigenvalue weighted by Gasteiger charge is -2.25. The number of hydrogen-bond acceptors (Lipinski definition) is 3. The molecule has 0 spiro atoms. The third kappa shape index (κ3) is 2.72. The fraction of sp³-hybridized carbons (Fsp3) is 0.417. The molecular weight excluding hydrogens is 190 g/mol. The molecule has 0 aromatic heterocycles. The van der Waals surface area contributed by atoms with Gasteiger partial charge in [-0.25, -0.2) is 0 Å². The Balaban J connectivity index is 1.87. The highest BCUT2D eigenvalue weighted by Gasteiger charge is 2.21. The predicted octanol–water partition coefficient (Wildman–Crippen LogP) is 1.91. The SMILES string of the molecule is Nc1cccc(CC(=O)OC2CCC2)c1. The van der Waals surface area contributed by atoms with E-state index >= 15 is 0 Å². The Labute approximate surface area is 89.2 Å². The Morgan fingerprint density at radius 3 is 2.87 bits per heavy atom. The summed E-state index contributed by atoms with van der Waals surface area (Å²) in [5.41, 5.74) is 7.22. The Kier molecular flexibility index (Phi) is 2.90. The zero-order valence-corrected chi connectivity index (χ0v) is 8.61. The van der Waals surface area contributed by atoms with Gasteiger partial charge in [0.25, 0.3) is 0 Å². The zero-order chi connectivity index (χ0) is 10.7. The van der Waals surface area contributed by atoms with Crippen molar-refractivity contribution in [1.29, 1.82) is 0 Å². The molecule has 2 N–H and O–H groups in total. The van der Waals surface area contributed by atoms with Crippen LogP contribution in [-0.4, -0.2) is 12.1 Å². The molecule has 3 heteroatoms. The molecule has 1 aromatic rings. The van der Waals surface area contributed by atoms with Crippen molar-refractivity contribution in [3.63, 3.8) is 0 Å². The molecule has 15 heavy (non-hydrogen) atoms. The normalized spacial score (nSPS) is 15.7. The third-order valence-corrected chi connectivity index (χ3v) is 2.65. The summed E-state index contributed by atoms with van der Waals surface area (Å²) in [6, 6.07) is 7.35. The van der Waals surface area contributed by atoms with E-state index in [2.05, 4.69) is 0 Å². The van der Waals surface area contributed by atoms with Crippen LogP contribution in [0, 0.1) is 0 Å². The van der Waals surface area contributed by atoms with Crippen molar-refractivity contribution >= 4 is 11.7 Å². The van der Waals surface area contributed by atoms with Crippen LogP contribution in [-0.2, 0) is 16.0 Å². The van der Waals surface area contributed by atoms with Crippen LogP contribution in [0.25, 0.3) is 0 Å². The van der Waals surface area contributed by atoms with Crippen molar-refractivity contribution < 1.29 is 9.53 Å². The number of carbonyl (C=O) groups excluding carboxylic acids is 1. The Morgan fingerprint density at radius 2 is 2.27 bits per heavy atom. The molecule has 1 aromatic carbocycles. The van der Waals surface area contributed by atoms with Gasteiger partial charge in [-0.05, 0) is 37.0 Å². The molecule has 3 nitrogen and oxygen atoms in total. The van der Waals surface area contributed by atoms with Crippen molar-refractivity contribution in [3.8, 4) is 0 Å². The fourth-order valence-corrected chi connectivity index (χ4v) is 1.59. The maximum Gasteiger partial charge on any atom is 0.310 e. The molecule has 2 rings (SSSR count). The summed E-state index contributed by atoms with van der Waals surface area (Å²) in [6.07, 6.45) is 3.70. The summed E-state index contributed by atoms with van der Waals surface area (Å²) in [6.45, 7) is 0. The quantitative estimate of drug-likeness (QED) is 0.605. The summed E-state index contributed by atoms with van der Waals surface area (Å²) in [7, 11) is 0. The second kappa shape index (κ2) is 4.34. The van der Waals surface area contributed by atoms with Crippen LogP contribution in [0.4, 0.5) is 5.69 Å². The Bertz CT molecular complexity index is 358. The largest absolute Gasteiger partial charge is 0.462 e. The number of benzene rings is 1. The van der Waals surface area contributed by atoms with E-state index < -0.39 is 0 Å². The van der Waals surface area contributed by atoms with E-state index in [1.54, 1.807) is 6.07 Å². The zero-order valence-electron chi connectivity index (χ0n) is 8.61. The second-order valence-electron chi connectivity index (χ2n) is 3.96. The molecular formula is C12H15NO2. The van der Waals surface area contributed by atoms with Crippen LogP contribution in [0.5, 0.6) is 0 Å². The maximum atomic E-state index is 11.5. The van der Waals surface area contributed by atoms with Gasteiger partial charge in [0.15, 0.2) is 0 Å². The van der Waals surface area contributed by atoms with Crippen LogP contribution < -0.4 is 5.73 Å². The molecule has 0 bridgehead atoms. The molecule has 80 valence electrons. The van der Waals surface area contributed by atoms with E-state index in [4.69, 9.17) is 10.5 Å². The Hall–Kier alpha value is -1.51. The third-order valence-electron chi connectivity index (χ3n) is 2.65. The van der Waals surface area contributed by atoms with Gasteiger partial charge in [0.1, 0.15) is 6.10 Å². The fourth-order valence-electron chi connectivity index (χ4n) is 1.59. The number of ether oxygens (including phenoxy) is 1. The molecule has 0 amide bonds. The molecule has 1 fully saturated rings. The van der Waals surface area contributed by atoms with E-state index in [-0.39, 0.29) is 12.1 Å². The van der Waals surface area contributed by atoms with Gasteiger partial charge in [0, 0.05) is 5.69 Å². The highest BCUT2D eigenvalue weighted by Crippen LogP contribution is 2.22. The first-order valence-corrected chi connectivity index (χ1v) is 5.28. The number of esters is 1. The van der Waals surface area contributed by atoms with Gasteiger partial charge in [-0.1, -0.05) is 12.1 Å². The average molecular weight is 205 g/mol. The molecule has 0 heterocycles. The molecule has 0 unspecified atom stereocenters. The number of carbonyl (C=O) groups is 1. The van der Waals surface area contributed by atoms with Gasteiger partial charge >= 0.3 is 5.97 Å². The molecule has 0 radical (unpaired) electrons. The summed E-state index contributed by atoms with van der Waals surface area (Å²) in [4.78, 5) is 11.5. The van der Waals surface area contributed by atoms with Crippen molar-refractivity contribution in [2.75, 3.05) is 5.73 Å². The minimum Gasteiger partial charge on any atom is -0.462 e. The van der Waals surface area contributed by atoms with E-state index in [1.165, 1.54) is 6.42 Å². The first-order valence-electron chi connectivity index (χ1n) is 5.28. The van der Waals surface area contributed by atoms with E-state index in [0.717, 1.165) is 18.4 Å². The first-order chi connectivity index (χ1) is 7.24. The van der Waals surface area contributed by atoms with E-state index in [0.29, 0.717) is 12.1 Å². The first kappa shape index (κ1) is 10.0. The van der Waals surface area contributed by atoms with Crippen LogP contribution in [0.1, 0.15) is 24.8 Å². The van der Waals surface area contributed by atoms with Crippen LogP contribution >= 0.6 is 0 Å². The molecule has 0 saturated heterocycles. The maximum absolute atomic E-state index is 11.5. The van der Waals surface area contributed by atoms with Crippen molar-refractivity contribution in [1.82, 2.24) is 0 Å². The van der Waals surface area contributed by atoms with Gasteiger partial charge in [-0.2, -0.15) is 0 Å². The van der Waals surface area contributed by atoms with Crippen LogP contribution in [0.15, 0.2) is 24.3 Å². The van der Waals surface area contributed by atoms with Gasteiger partial charge in [-0.15, -0.1) is 0 Å². The predicted molar refractivity (Wildman–Crippen MR) is 58.3 cm³/mol. The molecule has 1 aliphatic carbocycles. The van der Waals surface area contributed by atoms with E-state index in [1.807, 2.05) is 18.2 Å². The minimum absolute atomic E-state index is 0.148. The number of rotatable bonds is 3. The monoisotopic (exact) mass is 205 g/mol. The second-order valence-corrected chi connectivity index (χ2v) is 3.96. The number of hydrogen-bond donors (Lipinski definition) is 1. The topological polar surface area (TPSA) is 52.3 Å². The van der Waals surface area contributed by atoms with Gasteiger partial charge < -0.3 is 10.5 Å². The molecule has 1 aliphatic rings. The lowest BCUT2D eigenvalue weighted by molar-refractivity contribution is -0.152. The number of anilines is 1. The minimum atomic E-state index is -0.148. The average Bonchev–Trinajstić information content (AvgIpc) is 2.11. The highest BCUT2D eigenvalue weighted by molar-refractivity contribution is 5.73. The highest BCUT2D eigenvalue weighted by atomic mass is 16.5. The van der Waals surface area contributed by atoms with Gasteiger partial charge in [-0.3, -0.25) is 4.79 Å².